The first-order valence-electron chi connectivity index (χ1n) is 7.42. The molecule has 0 unspecified atom stereocenters. The summed E-state index contributed by atoms with van der Waals surface area (Å²) in [6.45, 7) is 3.46. The van der Waals surface area contributed by atoms with Crippen molar-refractivity contribution >= 4 is 17.7 Å². The maximum atomic E-state index is 10.9. The van der Waals surface area contributed by atoms with E-state index in [1.54, 1.807) is 0 Å². The molecule has 1 fully saturated rings. The highest BCUT2D eigenvalue weighted by molar-refractivity contribution is 7.99. The zero-order valence-electron chi connectivity index (χ0n) is 12.0. The molecule has 1 aliphatic heterocycles. The van der Waals surface area contributed by atoms with Gasteiger partial charge in [-0.15, -0.1) is 11.8 Å². The third-order valence-corrected chi connectivity index (χ3v) is 4.81. The molecule has 0 spiro atoms. The lowest BCUT2D eigenvalue weighted by molar-refractivity contribution is -0.118. The smallest absolute Gasteiger partial charge is 0.217 e. The van der Waals surface area contributed by atoms with Gasteiger partial charge in [0.2, 0.25) is 5.91 Å². The first kappa shape index (κ1) is 15.4. The van der Waals surface area contributed by atoms with Gasteiger partial charge in [0, 0.05) is 30.2 Å². The fourth-order valence-electron chi connectivity index (χ4n) is 2.75. The van der Waals surface area contributed by atoms with Gasteiger partial charge in [0.15, 0.2) is 0 Å². The highest BCUT2D eigenvalue weighted by Gasteiger charge is 2.19. The number of carbonyl (C=O) groups excluding carboxylic acids is 1. The second kappa shape index (κ2) is 8.32. The van der Waals surface area contributed by atoms with Crippen molar-refractivity contribution < 1.29 is 4.79 Å². The normalized spacial score (nSPS) is 19.9. The minimum Gasteiger partial charge on any atom is -0.370 e. The summed E-state index contributed by atoms with van der Waals surface area (Å²) in [5.74, 6) is 1.62. The van der Waals surface area contributed by atoms with E-state index in [1.165, 1.54) is 24.3 Å². The Morgan fingerprint density at radius 3 is 2.90 bits per heavy atom. The molecule has 1 aliphatic rings. The van der Waals surface area contributed by atoms with Gasteiger partial charge in [-0.3, -0.25) is 4.79 Å². The Bertz CT molecular complexity index is 410. The predicted octanol–water partition coefficient (Wildman–Crippen LogP) is 2.76. The van der Waals surface area contributed by atoms with E-state index in [0.29, 0.717) is 12.3 Å². The lowest BCUT2D eigenvalue weighted by Crippen LogP contribution is -2.37. The summed E-state index contributed by atoms with van der Waals surface area (Å²) < 4.78 is 0. The Labute approximate surface area is 125 Å². The van der Waals surface area contributed by atoms with E-state index in [-0.39, 0.29) is 5.91 Å². The minimum atomic E-state index is -0.165. The van der Waals surface area contributed by atoms with E-state index in [2.05, 4.69) is 35.2 Å². The summed E-state index contributed by atoms with van der Waals surface area (Å²) in [5.41, 5.74) is 5.23. The van der Waals surface area contributed by atoms with E-state index in [0.717, 1.165) is 25.3 Å². The molecular weight excluding hydrogens is 268 g/mol. The zero-order chi connectivity index (χ0) is 14.2. The van der Waals surface area contributed by atoms with E-state index < -0.39 is 0 Å². The minimum absolute atomic E-state index is 0.165. The Balaban J connectivity index is 1.66. The predicted molar refractivity (Wildman–Crippen MR) is 84.8 cm³/mol. The number of amides is 1. The molecule has 0 aliphatic carbocycles. The number of nitrogens with zero attached hydrogens (tertiary/aromatic N) is 1. The number of benzene rings is 1. The van der Waals surface area contributed by atoms with Crippen LogP contribution in [0.5, 0.6) is 0 Å². The summed E-state index contributed by atoms with van der Waals surface area (Å²) >= 11 is 1.92. The van der Waals surface area contributed by atoms with Crippen LogP contribution in [0.1, 0.15) is 25.7 Å². The molecule has 2 N–H and O–H groups in total. The molecule has 4 heteroatoms. The van der Waals surface area contributed by atoms with Gasteiger partial charge in [-0.05, 0) is 43.9 Å². The number of piperidine rings is 1. The van der Waals surface area contributed by atoms with Gasteiger partial charge in [-0.2, -0.15) is 0 Å². The van der Waals surface area contributed by atoms with Crippen LogP contribution >= 0.6 is 11.8 Å². The summed E-state index contributed by atoms with van der Waals surface area (Å²) in [6.07, 6.45) is 3.99. The SMILES string of the molecule is NC(=O)CC[C@@H]1CCCN(CCSc2ccccc2)C1. The highest BCUT2D eigenvalue weighted by Crippen LogP contribution is 2.22. The van der Waals surface area contributed by atoms with Crippen molar-refractivity contribution in [2.75, 3.05) is 25.4 Å². The average molecular weight is 292 g/mol. The van der Waals surface area contributed by atoms with Gasteiger partial charge in [0.05, 0.1) is 0 Å². The van der Waals surface area contributed by atoms with Crippen molar-refractivity contribution in [1.29, 1.82) is 0 Å². The molecule has 3 nitrogen and oxygen atoms in total. The van der Waals surface area contributed by atoms with Crippen molar-refractivity contribution in [3.05, 3.63) is 30.3 Å². The van der Waals surface area contributed by atoms with Gasteiger partial charge < -0.3 is 10.6 Å². The number of primary amides is 1. The first-order valence-corrected chi connectivity index (χ1v) is 8.41. The van der Waals surface area contributed by atoms with Crippen molar-refractivity contribution in [3.8, 4) is 0 Å². The topological polar surface area (TPSA) is 46.3 Å². The van der Waals surface area contributed by atoms with Crippen molar-refractivity contribution in [2.45, 2.75) is 30.6 Å². The molecule has 0 radical (unpaired) electrons. The van der Waals surface area contributed by atoms with Crippen LogP contribution in [-0.2, 0) is 4.79 Å². The Morgan fingerprint density at radius 2 is 2.15 bits per heavy atom. The standard InChI is InChI=1S/C16H24N2OS/c17-16(19)9-8-14-5-4-10-18(13-14)11-12-20-15-6-2-1-3-7-15/h1-3,6-7,14H,4-5,8-13H2,(H2,17,19)/t14-/m0/s1. The molecule has 0 saturated carbocycles. The number of nitrogens with two attached hydrogens (primary N) is 1. The summed E-state index contributed by atoms with van der Waals surface area (Å²) in [4.78, 5) is 14.7. The van der Waals surface area contributed by atoms with Gasteiger partial charge in [0.25, 0.3) is 0 Å². The van der Waals surface area contributed by atoms with Crippen LogP contribution in [0.4, 0.5) is 0 Å². The fourth-order valence-corrected chi connectivity index (χ4v) is 3.68. The Morgan fingerprint density at radius 1 is 1.35 bits per heavy atom. The largest absolute Gasteiger partial charge is 0.370 e. The monoisotopic (exact) mass is 292 g/mol. The second-order valence-corrected chi connectivity index (χ2v) is 6.64. The van der Waals surface area contributed by atoms with Crippen molar-refractivity contribution in [1.82, 2.24) is 4.90 Å². The number of hydrogen-bond donors (Lipinski definition) is 1. The highest BCUT2D eigenvalue weighted by atomic mass is 32.2. The number of likely N-dealkylation sites (tertiary alicyclic amines) is 1. The molecular formula is C16H24N2OS. The average Bonchev–Trinajstić information content (AvgIpc) is 2.47. The second-order valence-electron chi connectivity index (χ2n) is 5.48. The maximum Gasteiger partial charge on any atom is 0.217 e. The lowest BCUT2D eigenvalue weighted by atomic mass is 9.93. The molecule has 1 heterocycles. The van der Waals surface area contributed by atoms with Crippen LogP contribution < -0.4 is 5.73 Å². The quantitative estimate of drug-likeness (QED) is 0.786. The number of thioether (sulfide) groups is 1. The van der Waals surface area contributed by atoms with E-state index in [4.69, 9.17) is 5.73 Å². The zero-order valence-corrected chi connectivity index (χ0v) is 12.8. The third kappa shape index (κ3) is 5.55. The summed E-state index contributed by atoms with van der Waals surface area (Å²) in [6, 6.07) is 10.6. The van der Waals surface area contributed by atoms with Crippen molar-refractivity contribution in [2.24, 2.45) is 11.7 Å². The van der Waals surface area contributed by atoms with E-state index in [1.807, 2.05) is 11.8 Å². The number of hydrogen-bond acceptors (Lipinski definition) is 3. The third-order valence-electron chi connectivity index (χ3n) is 3.82. The molecule has 110 valence electrons. The number of rotatable bonds is 7. The molecule has 0 bridgehead atoms. The van der Waals surface area contributed by atoms with Gasteiger partial charge in [-0.25, -0.2) is 0 Å². The van der Waals surface area contributed by atoms with Gasteiger partial charge in [-0.1, -0.05) is 18.2 Å². The lowest BCUT2D eigenvalue weighted by Gasteiger charge is -2.32. The molecule has 1 amide bonds. The summed E-state index contributed by atoms with van der Waals surface area (Å²) in [5, 5.41) is 0. The van der Waals surface area contributed by atoms with Crippen molar-refractivity contribution in [3.63, 3.8) is 0 Å². The van der Waals surface area contributed by atoms with E-state index >= 15 is 0 Å². The van der Waals surface area contributed by atoms with Crippen LogP contribution in [0.3, 0.4) is 0 Å². The van der Waals surface area contributed by atoms with Crippen LogP contribution in [0, 0.1) is 5.92 Å². The molecule has 1 saturated heterocycles. The molecule has 1 aromatic carbocycles. The molecule has 1 atom stereocenters. The van der Waals surface area contributed by atoms with Crippen LogP contribution in [0.2, 0.25) is 0 Å². The maximum absolute atomic E-state index is 10.9. The molecule has 2 rings (SSSR count). The molecule has 0 aromatic heterocycles. The Hall–Kier alpha value is -1.00. The molecule has 20 heavy (non-hydrogen) atoms. The first-order chi connectivity index (χ1) is 9.74. The van der Waals surface area contributed by atoms with Gasteiger partial charge in [0.1, 0.15) is 0 Å². The van der Waals surface area contributed by atoms with Crippen LogP contribution in [0.15, 0.2) is 35.2 Å². The fraction of sp³-hybridized carbons (Fsp3) is 0.562. The summed E-state index contributed by atoms with van der Waals surface area (Å²) in [7, 11) is 0. The van der Waals surface area contributed by atoms with Gasteiger partial charge >= 0.3 is 0 Å². The van der Waals surface area contributed by atoms with E-state index in [9.17, 15) is 4.79 Å². The van der Waals surface area contributed by atoms with Crippen LogP contribution in [0.25, 0.3) is 0 Å². The number of carbonyl (C=O) groups is 1. The van der Waals surface area contributed by atoms with Crippen LogP contribution in [-0.4, -0.2) is 36.2 Å². The Kier molecular flexibility index (Phi) is 6.40. The molecule has 1 aromatic rings.